The lowest BCUT2D eigenvalue weighted by molar-refractivity contribution is -0.127. The van der Waals surface area contributed by atoms with Crippen molar-refractivity contribution in [3.8, 4) is 0 Å². The first-order chi connectivity index (χ1) is 13.6. The van der Waals surface area contributed by atoms with Gasteiger partial charge in [0, 0.05) is 45.0 Å². The average Bonchev–Trinajstić information content (AvgIpc) is 3.03. The maximum Gasteiger partial charge on any atom is 0.246 e. The van der Waals surface area contributed by atoms with Crippen molar-refractivity contribution in [1.82, 2.24) is 19.2 Å². The zero-order valence-corrected chi connectivity index (χ0v) is 16.6. The molecule has 0 aliphatic carbocycles. The summed E-state index contributed by atoms with van der Waals surface area (Å²) in [6.45, 7) is 6.30. The Morgan fingerprint density at radius 1 is 1.11 bits per heavy atom. The van der Waals surface area contributed by atoms with Gasteiger partial charge in [-0.25, -0.2) is 4.98 Å². The minimum atomic E-state index is 0.0116. The van der Waals surface area contributed by atoms with Crippen molar-refractivity contribution in [2.75, 3.05) is 26.2 Å². The first-order valence-electron chi connectivity index (χ1n) is 9.48. The number of aromatic nitrogens is 2. The second kappa shape index (κ2) is 8.17. The number of fused-ring (bicyclic) bond motifs is 1. The molecule has 28 heavy (non-hydrogen) atoms. The number of pyridine rings is 1. The summed E-state index contributed by atoms with van der Waals surface area (Å²) in [5, 5.41) is 0.401. The van der Waals surface area contributed by atoms with E-state index in [-0.39, 0.29) is 5.91 Å². The number of amides is 1. The van der Waals surface area contributed by atoms with E-state index in [0.29, 0.717) is 5.15 Å². The minimum absolute atomic E-state index is 0.0116. The van der Waals surface area contributed by atoms with E-state index in [9.17, 15) is 4.79 Å². The first-order valence-corrected chi connectivity index (χ1v) is 9.86. The Morgan fingerprint density at radius 2 is 1.86 bits per heavy atom. The van der Waals surface area contributed by atoms with E-state index < -0.39 is 0 Å². The SMILES string of the molecule is Cc1ccccc1CN1CCN(C(=O)/C=C/c2c(Cl)nc3ccccn23)CC1. The average molecular weight is 395 g/mol. The molecule has 0 N–H and O–H groups in total. The highest BCUT2D eigenvalue weighted by Crippen LogP contribution is 2.19. The Bertz CT molecular complexity index is 1020. The van der Waals surface area contributed by atoms with Crippen LogP contribution in [0.5, 0.6) is 0 Å². The molecule has 0 radical (unpaired) electrons. The number of aryl methyl sites for hydroxylation is 1. The van der Waals surface area contributed by atoms with Crippen molar-refractivity contribution in [2.24, 2.45) is 0 Å². The lowest BCUT2D eigenvalue weighted by Crippen LogP contribution is -2.47. The number of rotatable bonds is 4. The van der Waals surface area contributed by atoms with Crippen molar-refractivity contribution < 1.29 is 4.79 Å². The van der Waals surface area contributed by atoms with E-state index in [2.05, 4.69) is 41.1 Å². The molecule has 0 bridgehead atoms. The fourth-order valence-corrected chi connectivity index (χ4v) is 3.79. The maximum atomic E-state index is 12.6. The third-order valence-electron chi connectivity index (χ3n) is 5.24. The van der Waals surface area contributed by atoms with Gasteiger partial charge < -0.3 is 4.90 Å². The number of nitrogens with zero attached hydrogens (tertiary/aromatic N) is 4. The molecule has 1 aliphatic rings. The summed E-state index contributed by atoms with van der Waals surface area (Å²) in [5.74, 6) is 0.0116. The van der Waals surface area contributed by atoms with Crippen LogP contribution in [-0.4, -0.2) is 51.3 Å². The predicted octanol–water partition coefficient (Wildman–Crippen LogP) is 3.65. The van der Waals surface area contributed by atoms with Gasteiger partial charge in [-0.15, -0.1) is 0 Å². The molecule has 3 aromatic rings. The number of hydrogen-bond acceptors (Lipinski definition) is 3. The molecule has 0 spiro atoms. The summed E-state index contributed by atoms with van der Waals surface area (Å²) in [5.41, 5.74) is 4.16. The quantitative estimate of drug-likeness (QED) is 0.634. The third-order valence-corrected chi connectivity index (χ3v) is 5.52. The molecule has 1 saturated heterocycles. The minimum Gasteiger partial charge on any atom is -0.337 e. The van der Waals surface area contributed by atoms with Gasteiger partial charge in [0.25, 0.3) is 0 Å². The number of carbonyl (C=O) groups excluding carboxylic acids is 1. The molecular formula is C22H23ClN4O. The molecule has 5 nitrogen and oxygen atoms in total. The van der Waals surface area contributed by atoms with Crippen LogP contribution in [0.15, 0.2) is 54.7 Å². The molecule has 1 aliphatic heterocycles. The van der Waals surface area contributed by atoms with Gasteiger partial charge in [0.1, 0.15) is 5.65 Å². The number of piperazine rings is 1. The van der Waals surface area contributed by atoms with Crippen molar-refractivity contribution in [3.05, 3.63) is 76.7 Å². The number of benzene rings is 1. The van der Waals surface area contributed by atoms with E-state index in [1.807, 2.05) is 33.7 Å². The van der Waals surface area contributed by atoms with Crippen LogP contribution in [0, 0.1) is 6.92 Å². The largest absolute Gasteiger partial charge is 0.337 e. The zero-order valence-electron chi connectivity index (χ0n) is 15.9. The van der Waals surface area contributed by atoms with E-state index in [4.69, 9.17) is 11.6 Å². The summed E-state index contributed by atoms with van der Waals surface area (Å²) < 4.78 is 1.88. The fourth-order valence-electron chi connectivity index (χ4n) is 3.55. The van der Waals surface area contributed by atoms with E-state index in [1.54, 1.807) is 12.2 Å². The summed E-state index contributed by atoms with van der Waals surface area (Å²) in [7, 11) is 0. The second-order valence-corrected chi connectivity index (χ2v) is 7.44. The Balaban J connectivity index is 1.37. The standard InChI is InChI=1S/C22H23ClN4O/c1-17-6-2-3-7-18(17)16-25-12-14-26(15-13-25)21(28)10-9-19-22(23)24-20-8-4-5-11-27(19)20/h2-11H,12-16H2,1H3/b10-9+. The number of hydrogen-bond donors (Lipinski definition) is 0. The van der Waals surface area contributed by atoms with Crippen molar-refractivity contribution in [3.63, 3.8) is 0 Å². The molecule has 1 aromatic carbocycles. The normalized spacial score (nSPS) is 15.6. The molecule has 3 heterocycles. The van der Waals surface area contributed by atoms with Crippen LogP contribution in [0.3, 0.4) is 0 Å². The van der Waals surface area contributed by atoms with Gasteiger partial charge in [-0.3, -0.25) is 14.1 Å². The molecule has 2 aromatic heterocycles. The number of imidazole rings is 1. The van der Waals surface area contributed by atoms with Crippen LogP contribution in [0.1, 0.15) is 16.8 Å². The van der Waals surface area contributed by atoms with Gasteiger partial charge in [-0.1, -0.05) is 41.9 Å². The van der Waals surface area contributed by atoms with Crippen LogP contribution < -0.4 is 0 Å². The van der Waals surface area contributed by atoms with Gasteiger partial charge in [0.15, 0.2) is 5.15 Å². The van der Waals surface area contributed by atoms with Gasteiger partial charge in [0.2, 0.25) is 5.91 Å². The lowest BCUT2D eigenvalue weighted by Gasteiger charge is -2.34. The highest BCUT2D eigenvalue weighted by atomic mass is 35.5. The molecule has 1 amide bonds. The Labute approximate surface area is 169 Å². The third kappa shape index (κ3) is 3.96. The van der Waals surface area contributed by atoms with Crippen LogP contribution in [0.4, 0.5) is 0 Å². The second-order valence-electron chi connectivity index (χ2n) is 7.08. The van der Waals surface area contributed by atoms with E-state index in [0.717, 1.165) is 44.1 Å². The highest BCUT2D eigenvalue weighted by Gasteiger charge is 2.20. The molecule has 0 saturated carbocycles. The first kappa shape index (κ1) is 18.7. The molecule has 0 atom stereocenters. The molecule has 1 fully saturated rings. The van der Waals surface area contributed by atoms with Crippen molar-refractivity contribution >= 4 is 29.2 Å². The molecule has 4 rings (SSSR count). The van der Waals surface area contributed by atoms with Crippen molar-refractivity contribution in [2.45, 2.75) is 13.5 Å². The summed E-state index contributed by atoms with van der Waals surface area (Å²) in [4.78, 5) is 21.2. The van der Waals surface area contributed by atoms with E-state index in [1.165, 1.54) is 11.1 Å². The Hall–Kier alpha value is -2.63. The topological polar surface area (TPSA) is 40.8 Å². The van der Waals surface area contributed by atoms with Crippen LogP contribution in [0.25, 0.3) is 11.7 Å². The molecular weight excluding hydrogens is 372 g/mol. The summed E-state index contributed by atoms with van der Waals surface area (Å²) in [6, 6.07) is 14.2. The van der Waals surface area contributed by atoms with Gasteiger partial charge in [0.05, 0.1) is 5.69 Å². The fraction of sp³-hybridized carbons (Fsp3) is 0.273. The highest BCUT2D eigenvalue weighted by molar-refractivity contribution is 6.31. The van der Waals surface area contributed by atoms with Crippen molar-refractivity contribution in [1.29, 1.82) is 0 Å². The Kier molecular flexibility index (Phi) is 5.46. The van der Waals surface area contributed by atoms with E-state index >= 15 is 0 Å². The van der Waals surface area contributed by atoms with Gasteiger partial charge in [-0.05, 0) is 36.3 Å². The van der Waals surface area contributed by atoms with Crippen LogP contribution in [-0.2, 0) is 11.3 Å². The smallest absolute Gasteiger partial charge is 0.246 e. The summed E-state index contributed by atoms with van der Waals surface area (Å²) >= 11 is 6.23. The molecule has 144 valence electrons. The Morgan fingerprint density at radius 3 is 2.64 bits per heavy atom. The van der Waals surface area contributed by atoms with Gasteiger partial charge in [-0.2, -0.15) is 0 Å². The predicted molar refractivity (Wildman–Crippen MR) is 112 cm³/mol. The van der Waals surface area contributed by atoms with Crippen LogP contribution >= 0.6 is 11.6 Å². The lowest BCUT2D eigenvalue weighted by atomic mass is 10.1. The monoisotopic (exact) mass is 394 g/mol. The summed E-state index contributed by atoms with van der Waals surface area (Å²) in [6.07, 6.45) is 5.24. The molecule has 0 unspecified atom stereocenters. The number of halogens is 1. The van der Waals surface area contributed by atoms with Crippen LogP contribution in [0.2, 0.25) is 5.15 Å². The maximum absolute atomic E-state index is 12.6. The van der Waals surface area contributed by atoms with Gasteiger partial charge >= 0.3 is 0 Å². The number of carbonyl (C=O) groups is 1. The molecule has 6 heteroatoms. The zero-order chi connectivity index (χ0) is 19.5.